The van der Waals surface area contributed by atoms with Gasteiger partial charge in [-0.1, -0.05) is 12.2 Å². The lowest BCUT2D eigenvalue weighted by Gasteiger charge is -2.25. The van der Waals surface area contributed by atoms with E-state index in [1.54, 1.807) is 40.8 Å². The zero-order chi connectivity index (χ0) is 22.6. The Bertz CT molecular complexity index is 1090. The number of nitrogens with two attached hydrogens (primary N) is 1. The maximum Gasteiger partial charge on any atom is 0.412 e. The zero-order valence-electron chi connectivity index (χ0n) is 17.8. The number of aryl methyl sites for hydroxylation is 1. The minimum Gasteiger partial charge on any atom is -0.335 e. The Morgan fingerprint density at radius 1 is 1.35 bits per heavy atom. The van der Waals surface area contributed by atoms with Gasteiger partial charge in [-0.3, -0.25) is 4.79 Å². The van der Waals surface area contributed by atoms with Crippen LogP contribution < -0.4 is 5.73 Å². The summed E-state index contributed by atoms with van der Waals surface area (Å²) in [5.41, 5.74) is 7.35. The van der Waals surface area contributed by atoms with Crippen molar-refractivity contribution in [2.75, 3.05) is 13.1 Å². The second-order valence-corrected chi connectivity index (χ2v) is 8.73. The van der Waals surface area contributed by atoms with Gasteiger partial charge in [0, 0.05) is 24.2 Å². The third-order valence-corrected chi connectivity index (χ3v) is 6.54. The van der Waals surface area contributed by atoms with Gasteiger partial charge in [0.25, 0.3) is 5.91 Å². The first-order valence-electron chi connectivity index (χ1n) is 10.3. The minimum atomic E-state index is -4.37. The molecule has 0 radical (unpaired) electrons. The fourth-order valence-electron chi connectivity index (χ4n) is 4.97. The Hall–Kier alpha value is -2.68. The summed E-state index contributed by atoms with van der Waals surface area (Å²) in [5, 5.41) is 4.31. The number of hydrogen-bond acceptors (Lipinski definition) is 4. The molecule has 0 spiro atoms. The molecule has 2 aliphatic rings. The molecule has 0 bridgehead atoms. The lowest BCUT2D eigenvalue weighted by atomic mass is 9.89. The summed E-state index contributed by atoms with van der Waals surface area (Å²) in [6, 6.07) is 3.62. The Balaban J connectivity index is 1.53. The number of carbonyl (C=O) groups is 1. The molecule has 1 amide bonds. The van der Waals surface area contributed by atoms with Crippen LogP contribution in [0.15, 0.2) is 41.6 Å². The summed E-state index contributed by atoms with van der Waals surface area (Å²) in [5.74, 6) is -0.554. The van der Waals surface area contributed by atoms with Crippen molar-refractivity contribution < 1.29 is 18.0 Å². The van der Waals surface area contributed by atoms with Gasteiger partial charge >= 0.3 is 6.18 Å². The average molecular weight is 433 g/mol. The predicted octanol–water partition coefficient (Wildman–Crippen LogP) is 3.67. The van der Waals surface area contributed by atoms with Crippen molar-refractivity contribution in [3.63, 3.8) is 0 Å². The number of alkyl halides is 3. The van der Waals surface area contributed by atoms with Crippen molar-refractivity contribution in [1.29, 1.82) is 0 Å². The van der Waals surface area contributed by atoms with Crippen molar-refractivity contribution in [1.82, 2.24) is 19.5 Å². The van der Waals surface area contributed by atoms with E-state index in [-0.39, 0.29) is 17.7 Å². The van der Waals surface area contributed by atoms with Gasteiger partial charge in [0.05, 0.1) is 11.9 Å². The second-order valence-electron chi connectivity index (χ2n) is 8.73. The lowest BCUT2D eigenvalue weighted by molar-refractivity contribution is -0.0924. The van der Waals surface area contributed by atoms with E-state index in [2.05, 4.69) is 10.1 Å². The van der Waals surface area contributed by atoms with Crippen molar-refractivity contribution in [3.8, 4) is 0 Å². The molecule has 3 atom stereocenters. The second kappa shape index (κ2) is 7.47. The molecule has 0 aromatic carbocycles. The fraction of sp³-hybridized carbons (Fsp3) is 0.500. The molecule has 1 saturated heterocycles. The largest absolute Gasteiger partial charge is 0.412 e. The predicted molar refractivity (Wildman–Crippen MR) is 110 cm³/mol. The normalized spacial score (nSPS) is 27.3. The van der Waals surface area contributed by atoms with E-state index in [0.29, 0.717) is 42.8 Å². The van der Waals surface area contributed by atoms with Gasteiger partial charge in [-0.25, -0.2) is 9.50 Å². The van der Waals surface area contributed by atoms with Gasteiger partial charge in [0.15, 0.2) is 5.65 Å². The number of likely N-dealkylation sites (tertiary alicyclic amines) is 1. The molecule has 1 saturated carbocycles. The molecule has 3 heterocycles. The van der Waals surface area contributed by atoms with Crippen LogP contribution in [-0.4, -0.2) is 50.2 Å². The maximum atomic E-state index is 13.3. The molecule has 2 aromatic heterocycles. The molecular weight excluding hydrogens is 407 g/mol. The number of nitrogens with zero attached hydrogens (tertiary/aromatic N) is 4. The van der Waals surface area contributed by atoms with Gasteiger partial charge in [-0.05, 0) is 63.2 Å². The number of fused-ring (bicyclic) bond motifs is 2. The lowest BCUT2D eigenvalue weighted by Crippen LogP contribution is -2.45. The van der Waals surface area contributed by atoms with Gasteiger partial charge in [-0.15, -0.1) is 0 Å². The highest BCUT2D eigenvalue weighted by atomic mass is 19.4. The average Bonchev–Trinajstić information content (AvgIpc) is 3.33. The zero-order valence-corrected chi connectivity index (χ0v) is 17.8. The smallest absolute Gasteiger partial charge is 0.335 e. The van der Waals surface area contributed by atoms with E-state index in [9.17, 15) is 18.0 Å². The van der Waals surface area contributed by atoms with Crippen LogP contribution in [0.25, 0.3) is 5.65 Å². The highest BCUT2D eigenvalue weighted by molar-refractivity contribution is 5.93. The maximum absolute atomic E-state index is 13.3. The SMILES string of the molecule is C/C=C\C(=C(/C)C(F)(F)F)[C@H]1C[C@H]2CN(C(=O)c3cn4nc(C)ccc4n3)C[C@@]2(N)C1. The van der Waals surface area contributed by atoms with Crippen LogP contribution in [0.3, 0.4) is 0 Å². The summed E-state index contributed by atoms with van der Waals surface area (Å²) in [7, 11) is 0. The highest BCUT2D eigenvalue weighted by Gasteiger charge is 2.53. The summed E-state index contributed by atoms with van der Waals surface area (Å²) in [6.07, 6.45) is 1.36. The van der Waals surface area contributed by atoms with E-state index in [1.807, 2.05) is 13.0 Å². The first kappa shape index (κ1) is 21.5. The molecule has 1 aliphatic heterocycles. The Morgan fingerprint density at radius 2 is 2.10 bits per heavy atom. The molecule has 9 heteroatoms. The van der Waals surface area contributed by atoms with Crippen LogP contribution in [0.4, 0.5) is 13.2 Å². The molecule has 31 heavy (non-hydrogen) atoms. The first-order chi connectivity index (χ1) is 14.5. The molecule has 2 fully saturated rings. The number of carbonyl (C=O) groups excluding carboxylic acids is 1. The summed E-state index contributed by atoms with van der Waals surface area (Å²) >= 11 is 0. The van der Waals surface area contributed by atoms with Gasteiger partial charge in [0.2, 0.25) is 0 Å². The topological polar surface area (TPSA) is 76.5 Å². The number of imidazole rings is 1. The molecule has 0 unspecified atom stereocenters. The summed E-state index contributed by atoms with van der Waals surface area (Å²) < 4.78 is 41.6. The van der Waals surface area contributed by atoms with Crippen LogP contribution in [0.2, 0.25) is 0 Å². The van der Waals surface area contributed by atoms with Crippen LogP contribution in [0.5, 0.6) is 0 Å². The molecule has 1 aliphatic carbocycles. The van der Waals surface area contributed by atoms with Crippen molar-refractivity contribution in [3.05, 3.63) is 53.0 Å². The number of allylic oxidation sites excluding steroid dienone is 4. The number of rotatable bonds is 3. The molecule has 166 valence electrons. The monoisotopic (exact) mass is 433 g/mol. The van der Waals surface area contributed by atoms with Crippen LogP contribution in [0, 0.1) is 18.8 Å². The molecule has 2 N–H and O–H groups in total. The molecule has 2 aromatic rings. The van der Waals surface area contributed by atoms with E-state index in [4.69, 9.17) is 5.73 Å². The van der Waals surface area contributed by atoms with Gasteiger partial charge in [0.1, 0.15) is 5.69 Å². The van der Waals surface area contributed by atoms with E-state index >= 15 is 0 Å². The van der Waals surface area contributed by atoms with Crippen molar-refractivity contribution in [2.45, 2.75) is 45.3 Å². The third-order valence-electron chi connectivity index (χ3n) is 6.54. The quantitative estimate of drug-likeness (QED) is 0.750. The molecule has 6 nitrogen and oxygen atoms in total. The Morgan fingerprint density at radius 3 is 2.74 bits per heavy atom. The van der Waals surface area contributed by atoms with Crippen molar-refractivity contribution in [2.24, 2.45) is 17.6 Å². The van der Waals surface area contributed by atoms with Crippen molar-refractivity contribution >= 4 is 11.6 Å². The highest BCUT2D eigenvalue weighted by Crippen LogP contribution is 2.48. The third kappa shape index (κ3) is 3.86. The Labute approximate surface area is 178 Å². The van der Waals surface area contributed by atoms with Crippen LogP contribution in [-0.2, 0) is 0 Å². The fourth-order valence-corrected chi connectivity index (χ4v) is 4.97. The Kier molecular flexibility index (Phi) is 5.20. The van der Waals surface area contributed by atoms with E-state index < -0.39 is 17.3 Å². The molecule has 4 rings (SSSR count). The van der Waals surface area contributed by atoms with Crippen LogP contribution >= 0.6 is 0 Å². The van der Waals surface area contributed by atoms with Gasteiger partial charge in [-0.2, -0.15) is 18.3 Å². The summed E-state index contributed by atoms with van der Waals surface area (Å²) in [4.78, 5) is 19.1. The van der Waals surface area contributed by atoms with Crippen LogP contribution in [0.1, 0.15) is 42.9 Å². The minimum absolute atomic E-state index is 0.0554. The van der Waals surface area contributed by atoms with Gasteiger partial charge < -0.3 is 10.6 Å². The number of hydrogen-bond donors (Lipinski definition) is 1. The molecular formula is C22H26F3N5O. The first-order valence-corrected chi connectivity index (χ1v) is 10.3. The summed E-state index contributed by atoms with van der Waals surface area (Å²) in [6.45, 7) is 5.42. The standard InChI is InChI=1S/C22H26F3N5O/c1-4-5-17(14(3)22(23,24)25)15-8-16-10-29(12-21(16,26)9-15)20(31)18-11-30-19(27-18)7-6-13(2)28-30/h4-7,11,15-16H,8-10,12,26H2,1-3H3/b5-4-,17-14-/t15-,16-,21-/m0/s1. The van der Waals surface area contributed by atoms with E-state index in [0.717, 1.165) is 12.6 Å². The number of halogens is 3. The van der Waals surface area contributed by atoms with E-state index in [1.165, 1.54) is 0 Å². The number of aromatic nitrogens is 3. The number of amides is 1.